The molecule has 0 bridgehead atoms. The summed E-state index contributed by atoms with van der Waals surface area (Å²) in [6.45, 7) is 13.4. The Morgan fingerprint density at radius 3 is 2.08 bits per heavy atom. The SMILES string of the molecule is CC/C=C\O[Si](C)(C)C(C)(C)C. The van der Waals surface area contributed by atoms with Crippen molar-refractivity contribution >= 4 is 8.32 Å². The van der Waals surface area contributed by atoms with E-state index in [1.54, 1.807) is 0 Å². The topological polar surface area (TPSA) is 9.23 Å². The molecule has 0 radical (unpaired) electrons. The molecule has 0 spiro atoms. The van der Waals surface area contributed by atoms with Crippen molar-refractivity contribution in [2.75, 3.05) is 0 Å². The Morgan fingerprint density at radius 2 is 1.75 bits per heavy atom. The summed E-state index contributed by atoms with van der Waals surface area (Å²) >= 11 is 0. The van der Waals surface area contributed by atoms with Gasteiger partial charge in [0.2, 0.25) is 8.32 Å². The highest BCUT2D eigenvalue weighted by Crippen LogP contribution is 2.36. The Bertz CT molecular complexity index is 154. The van der Waals surface area contributed by atoms with Gasteiger partial charge < -0.3 is 4.43 Å². The van der Waals surface area contributed by atoms with Crippen LogP contribution in [-0.4, -0.2) is 8.32 Å². The van der Waals surface area contributed by atoms with Gasteiger partial charge in [0.05, 0.1) is 6.26 Å². The van der Waals surface area contributed by atoms with E-state index in [9.17, 15) is 0 Å². The second-order valence-electron chi connectivity index (χ2n) is 4.66. The van der Waals surface area contributed by atoms with Gasteiger partial charge in [0.1, 0.15) is 0 Å². The lowest BCUT2D eigenvalue weighted by Crippen LogP contribution is -2.39. The molecule has 1 nitrogen and oxygen atoms in total. The predicted octanol–water partition coefficient (Wildman–Crippen LogP) is 3.93. The highest BCUT2D eigenvalue weighted by molar-refractivity contribution is 6.74. The summed E-state index contributed by atoms with van der Waals surface area (Å²) in [5.41, 5.74) is 0. The van der Waals surface area contributed by atoms with Crippen LogP contribution in [0.25, 0.3) is 0 Å². The maximum Gasteiger partial charge on any atom is 0.249 e. The molecular weight excluding hydrogens is 164 g/mol. The van der Waals surface area contributed by atoms with E-state index in [0.717, 1.165) is 6.42 Å². The molecule has 0 aromatic rings. The summed E-state index contributed by atoms with van der Waals surface area (Å²) in [6, 6.07) is 0. The quantitative estimate of drug-likeness (QED) is 0.479. The van der Waals surface area contributed by atoms with Crippen molar-refractivity contribution in [2.24, 2.45) is 0 Å². The van der Waals surface area contributed by atoms with Gasteiger partial charge in [-0.15, -0.1) is 0 Å². The summed E-state index contributed by atoms with van der Waals surface area (Å²) in [7, 11) is -1.53. The van der Waals surface area contributed by atoms with Crippen LogP contribution in [0, 0.1) is 0 Å². The maximum atomic E-state index is 5.79. The summed E-state index contributed by atoms with van der Waals surface area (Å²) < 4.78 is 5.79. The van der Waals surface area contributed by atoms with Gasteiger partial charge in [-0.2, -0.15) is 0 Å². The summed E-state index contributed by atoms with van der Waals surface area (Å²) in [5, 5.41) is 0.311. The van der Waals surface area contributed by atoms with Gasteiger partial charge in [-0.05, 0) is 24.6 Å². The zero-order chi connectivity index (χ0) is 9.83. The minimum absolute atomic E-state index is 0.311. The van der Waals surface area contributed by atoms with Gasteiger partial charge >= 0.3 is 0 Å². The molecule has 0 saturated carbocycles. The highest BCUT2D eigenvalue weighted by atomic mass is 28.4. The molecule has 0 atom stereocenters. The molecule has 0 unspecified atom stereocenters. The van der Waals surface area contributed by atoms with Crippen LogP contribution in [0.1, 0.15) is 34.1 Å². The second kappa shape index (κ2) is 4.12. The predicted molar refractivity (Wildman–Crippen MR) is 57.7 cm³/mol. The van der Waals surface area contributed by atoms with Crippen LogP contribution in [0.3, 0.4) is 0 Å². The first-order valence-electron chi connectivity index (χ1n) is 4.64. The third-order valence-electron chi connectivity index (χ3n) is 2.50. The Kier molecular flexibility index (Phi) is 4.04. The maximum absolute atomic E-state index is 5.79. The van der Waals surface area contributed by atoms with E-state index in [0.29, 0.717) is 5.04 Å². The van der Waals surface area contributed by atoms with E-state index in [1.165, 1.54) is 0 Å². The van der Waals surface area contributed by atoms with Gasteiger partial charge in [0.25, 0.3) is 0 Å². The minimum atomic E-state index is -1.53. The lowest BCUT2D eigenvalue weighted by Gasteiger charge is -2.34. The molecule has 0 fully saturated rings. The standard InChI is InChI=1S/C10H22OSi/c1-7-8-9-11-12(5,6)10(2,3)4/h8-9H,7H2,1-6H3/b9-8-. The van der Waals surface area contributed by atoms with Gasteiger partial charge in [-0.1, -0.05) is 33.8 Å². The number of allylic oxidation sites excluding steroid dienone is 1. The van der Waals surface area contributed by atoms with E-state index < -0.39 is 8.32 Å². The Hall–Kier alpha value is -0.243. The van der Waals surface area contributed by atoms with Crippen LogP contribution in [0.5, 0.6) is 0 Å². The van der Waals surface area contributed by atoms with E-state index in [2.05, 4.69) is 46.9 Å². The minimum Gasteiger partial charge on any atom is -0.549 e. The lowest BCUT2D eigenvalue weighted by atomic mass is 10.2. The third kappa shape index (κ3) is 3.44. The fourth-order valence-corrected chi connectivity index (χ4v) is 1.28. The van der Waals surface area contributed by atoms with Crippen molar-refractivity contribution in [3.63, 3.8) is 0 Å². The first kappa shape index (κ1) is 11.8. The molecule has 12 heavy (non-hydrogen) atoms. The molecule has 72 valence electrons. The van der Waals surface area contributed by atoms with E-state index >= 15 is 0 Å². The summed E-state index contributed by atoms with van der Waals surface area (Å²) in [5.74, 6) is 0. The molecule has 0 rings (SSSR count). The number of hydrogen-bond acceptors (Lipinski definition) is 1. The van der Waals surface area contributed by atoms with E-state index in [4.69, 9.17) is 4.43 Å². The molecule has 0 heterocycles. The molecule has 0 N–H and O–H groups in total. The average molecular weight is 186 g/mol. The Labute approximate surface area is 78.0 Å². The Morgan fingerprint density at radius 1 is 1.25 bits per heavy atom. The zero-order valence-electron chi connectivity index (χ0n) is 9.27. The van der Waals surface area contributed by atoms with Crippen LogP contribution in [0.2, 0.25) is 18.1 Å². The van der Waals surface area contributed by atoms with Crippen molar-refractivity contribution in [2.45, 2.75) is 52.2 Å². The van der Waals surface area contributed by atoms with Crippen LogP contribution < -0.4 is 0 Å². The van der Waals surface area contributed by atoms with Crippen molar-refractivity contribution in [3.05, 3.63) is 12.3 Å². The molecular formula is C10H22OSi. The van der Waals surface area contributed by atoms with Crippen LogP contribution in [0.15, 0.2) is 12.3 Å². The van der Waals surface area contributed by atoms with Gasteiger partial charge in [-0.25, -0.2) is 0 Å². The van der Waals surface area contributed by atoms with Crippen molar-refractivity contribution in [1.29, 1.82) is 0 Å². The summed E-state index contributed by atoms with van der Waals surface area (Å²) in [4.78, 5) is 0. The van der Waals surface area contributed by atoms with Crippen molar-refractivity contribution < 1.29 is 4.43 Å². The smallest absolute Gasteiger partial charge is 0.249 e. The van der Waals surface area contributed by atoms with Gasteiger partial charge in [0.15, 0.2) is 0 Å². The fraction of sp³-hybridized carbons (Fsp3) is 0.800. The third-order valence-corrected chi connectivity index (χ3v) is 6.84. The monoisotopic (exact) mass is 186 g/mol. The van der Waals surface area contributed by atoms with Crippen molar-refractivity contribution in [3.8, 4) is 0 Å². The molecule has 0 aromatic heterocycles. The second-order valence-corrected chi connectivity index (χ2v) is 9.41. The molecule has 0 aliphatic carbocycles. The van der Waals surface area contributed by atoms with Crippen LogP contribution in [-0.2, 0) is 4.43 Å². The molecule has 2 heteroatoms. The molecule has 0 aliphatic heterocycles. The first-order valence-corrected chi connectivity index (χ1v) is 7.55. The first-order chi connectivity index (χ1) is 5.31. The van der Waals surface area contributed by atoms with Gasteiger partial charge in [-0.3, -0.25) is 0 Å². The molecule has 0 saturated heterocycles. The molecule has 0 aromatic carbocycles. The molecule has 0 amide bonds. The number of rotatable bonds is 3. The number of hydrogen-bond donors (Lipinski definition) is 0. The van der Waals surface area contributed by atoms with Crippen LogP contribution >= 0.6 is 0 Å². The summed E-state index contributed by atoms with van der Waals surface area (Å²) in [6.07, 6.45) is 4.99. The Balaban J connectivity index is 4.14. The largest absolute Gasteiger partial charge is 0.549 e. The van der Waals surface area contributed by atoms with Gasteiger partial charge in [0, 0.05) is 0 Å². The lowest BCUT2D eigenvalue weighted by molar-refractivity contribution is 0.428. The van der Waals surface area contributed by atoms with Crippen molar-refractivity contribution in [1.82, 2.24) is 0 Å². The van der Waals surface area contributed by atoms with E-state index in [-0.39, 0.29) is 0 Å². The fourth-order valence-electron chi connectivity index (χ4n) is 0.491. The molecule has 0 aliphatic rings. The van der Waals surface area contributed by atoms with Crippen LogP contribution in [0.4, 0.5) is 0 Å². The normalized spacial score (nSPS) is 13.8. The average Bonchev–Trinajstić information content (AvgIpc) is 1.85. The van der Waals surface area contributed by atoms with E-state index in [1.807, 2.05) is 6.26 Å². The highest BCUT2D eigenvalue weighted by Gasteiger charge is 2.37. The zero-order valence-corrected chi connectivity index (χ0v) is 10.3.